The molecule has 1 amide bonds. The topological polar surface area (TPSA) is 70.0 Å². The summed E-state index contributed by atoms with van der Waals surface area (Å²) >= 11 is 1.75. The molecular weight excluding hydrogens is 382 g/mol. The lowest BCUT2D eigenvalue weighted by atomic mass is 10.1. The van der Waals surface area contributed by atoms with Crippen molar-refractivity contribution in [2.45, 2.75) is 36.7 Å². The van der Waals surface area contributed by atoms with Crippen LogP contribution in [0.5, 0.6) is 0 Å². The molecule has 1 atom stereocenters. The van der Waals surface area contributed by atoms with Gasteiger partial charge in [-0.15, -0.1) is 15.7 Å². The first-order valence-corrected chi connectivity index (χ1v) is 11.4. The number of thiophene rings is 1. The van der Waals surface area contributed by atoms with Crippen molar-refractivity contribution >= 4 is 33.1 Å². The van der Waals surface area contributed by atoms with E-state index in [1.54, 1.807) is 29.5 Å². The fourth-order valence-corrected chi connectivity index (χ4v) is 6.33. The Kier molecular flexibility index (Phi) is 3.87. The van der Waals surface area contributed by atoms with Gasteiger partial charge in [0.1, 0.15) is 10.9 Å². The number of carbonyl (C=O) groups excluding carboxylic acids is 1. The normalized spacial score (nSPS) is 23.1. The number of rotatable bonds is 1. The molecule has 3 aliphatic heterocycles. The first-order valence-electron chi connectivity index (χ1n) is 9.10. The van der Waals surface area contributed by atoms with Gasteiger partial charge in [0.2, 0.25) is 5.91 Å². The second-order valence-electron chi connectivity index (χ2n) is 7.12. The largest absolute Gasteiger partial charge is 0.343 e. The van der Waals surface area contributed by atoms with Crippen LogP contribution in [0.3, 0.4) is 0 Å². The number of hydrogen-bond donors (Lipinski definition) is 0. The fraction of sp³-hybridized carbons (Fsp3) is 0.368. The third kappa shape index (κ3) is 2.70. The van der Waals surface area contributed by atoms with Gasteiger partial charge in [-0.1, -0.05) is 12.1 Å². The highest BCUT2D eigenvalue weighted by molar-refractivity contribution is 7.90. The quantitative estimate of drug-likeness (QED) is 0.735. The van der Waals surface area contributed by atoms with E-state index in [0.29, 0.717) is 24.5 Å². The molecule has 1 saturated heterocycles. The zero-order chi connectivity index (χ0) is 18.6. The Balaban J connectivity index is 1.44. The number of amides is 1. The van der Waals surface area contributed by atoms with Crippen LogP contribution in [0.25, 0.3) is 0 Å². The van der Waals surface area contributed by atoms with Gasteiger partial charge >= 0.3 is 0 Å². The van der Waals surface area contributed by atoms with Gasteiger partial charge in [0, 0.05) is 30.1 Å². The Bertz CT molecular complexity index is 1060. The molecule has 0 aliphatic carbocycles. The summed E-state index contributed by atoms with van der Waals surface area (Å²) < 4.78 is 28.8. The van der Waals surface area contributed by atoms with Crippen molar-refractivity contribution in [2.75, 3.05) is 13.1 Å². The van der Waals surface area contributed by atoms with E-state index < -0.39 is 10.0 Å². The molecule has 5 rings (SSSR count). The standard InChI is InChI=1S/C19H19N3O3S2/c23-19(21-10-7-16-13(12-21)8-11-26-16)15-5-3-9-22(15)18-14-4-1-2-6-17(14)27(24,25)20-18/h1-2,4,6,8,11,15H,3,5,7,9-10,12H2/t15-/m0/s1. The number of nitrogens with zero attached hydrogens (tertiary/aromatic N) is 3. The lowest BCUT2D eigenvalue weighted by Crippen LogP contribution is -2.48. The lowest BCUT2D eigenvalue weighted by molar-refractivity contribution is -0.135. The molecule has 27 heavy (non-hydrogen) atoms. The van der Waals surface area contributed by atoms with Crippen LogP contribution >= 0.6 is 11.3 Å². The van der Waals surface area contributed by atoms with E-state index in [1.165, 1.54) is 10.4 Å². The third-order valence-electron chi connectivity index (χ3n) is 5.54. The minimum Gasteiger partial charge on any atom is -0.343 e. The van der Waals surface area contributed by atoms with E-state index in [2.05, 4.69) is 15.8 Å². The van der Waals surface area contributed by atoms with Crippen molar-refractivity contribution in [1.29, 1.82) is 0 Å². The zero-order valence-electron chi connectivity index (χ0n) is 14.7. The maximum Gasteiger partial charge on any atom is 0.285 e. The van der Waals surface area contributed by atoms with Crippen LogP contribution < -0.4 is 0 Å². The predicted molar refractivity (Wildman–Crippen MR) is 103 cm³/mol. The number of carbonyl (C=O) groups is 1. The predicted octanol–water partition coefficient (Wildman–Crippen LogP) is 2.25. The van der Waals surface area contributed by atoms with Crippen molar-refractivity contribution in [2.24, 2.45) is 4.40 Å². The average molecular weight is 402 g/mol. The zero-order valence-corrected chi connectivity index (χ0v) is 16.3. The van der Waals surface area contributed by atoms with Crippen LogP contribution in [0, 0.1) is 0 Å². The van der Waals surface area contributed by atoms with E-state index in [4.69, 9.17) is 0 Å². The summed E-state index contributed by atoms with van der Waals surface area (Å²) in [7, 11) is -3.68. The van der Waals surface area contributed by atoms with Gasteiger partial charge in [-0.05, 0) is 48.4 Å². The minimum absolute atomic E-state index is 0.0776. The molecule has 4 heterocycles. The van der Waals surface area contributed by atoms with Crippen LogP contribution in [0.2, 0.25) is 0 Å². The lowest BCUT2D eigenvalue weighted by Gasteiger charge is -2.33. The number of likely N-dealkylation sites (tertiary alicyclic amines) is 1. The van der Waals surface area contributed by atoms with Gasteiger partial charge in [0.15, 0.2) is 5.84 Å². The summed E-state index contributed by atoms with van der Waals surface area (Å²) in [6.07, 6.45) is 2.48. The molecule has 8 heteroatoms. The van der Waals surface area contributed by atoms with Crippen LogP contribution in [0.4, 0.5) is 0 Å². The minimum atomic E-state index is -3.68. The molecule has 1 fully saturated rings. The molecule has 0 saturated carbocycles. The first-order chi connectivity index (χ1) is 13.0. The van der Waals surface area contributed by atoms with E-state index in [9.17, 15) is 13.2 Å². The highest BCUT2D eigenvalue weighted by Gasteiger charge is 2.41. The average Bonchev–Trinajstić information content (AvgIpc) is 3.38. The number of hydrogen-bond acceptors (Lipinski definition) is 5. The van der Waals surface area contributed by atoms with Gasteiger partial charge in [0.25, 0.3) is 10.0 Å². The Labute approximate surface area is 162 Å². The monoisotopic (exact) mass is 401 g/mol. The Hall–Kier alpha value is -2.19. The second-order valence-corrected chi connectivity index (χ2v) is 9.69. The molecule has 0 unspecified atom stereocenters. The summed E-state index contributed by atoms with van der Waals surface area (Å²) in [5.74, 6) is 0.503. The smallest absolute Gasteiger partial charge is 0.285 e. The van der Waals surface area contributed by atoms with Crippen molar-refractivity contribution in [3.8, 4) is 0 Å². The molecule has 3 aliphatic rings. The maximum atomic E-state index is 13.3. The first kappa shape index (κ1) is 16.9. The SMILES string of the molecule is O=C([C@@H]1CCCN1C1=NS(=O)(=O)c2ccccc21)N1CCc2sccc2C1. The highest BCUT2D eigenvalue weighted by atomic mass is 32.2. The van der Waals surface area contributed by atoms with Crippen LogP contribution in [-0.4, -0.2) is 49.1 Å². The van der Waals surface area contributed by atoms with Crippen molar-refractivity contribution < 1.29 is 13.2 Å². The molecule has 6 nitrogen and oxygen atoms in total. The Morgan fingerprint density at radius 3 is 2.93 bits per heavy atom. The third-order valence-corrected chi connectivity index (χ3v) is 7.89. The van der Waals surface area contributed by atoms with Gasteiger partial charge in [-0.3, -0.25) is 4.79 Å². The molecular formula is C19H19N3O3S2. The second kappa shape index (κ2) is 6.17. The van der Waals surface area contributed by atoms with E-state index >= 15 is 0 Å². The van der Waals surface area contributed by atoms with Gasteiger partial charge in [0.05, 0.1) is 0 Å². The molecule has 0 radical (unpaired) electrons. The van der Waals surface area contributed by atoms with Gasteiger partial charge < -0.3 is 9.80 Å². The maximum absolute atomic E-state index is 13.3. The van der Waals surface area contributed by atoms with Crippen LogP contribution in [0.15, 0.2) is 45.0 Å². The van der Waals surface area contributed by atoms with Crippen LogP contribution in [-0.2, 0) is 27.8 Å². The Morgan fingerprint density at radius 2 is 2.04 bits per heavy atom. The van der Waals surface area contributed by atoms with Crippen molar-refractivity contribution in [3.63, 3.8) is 0 Å². The number of benzene rings is 1. The summed E-state index contributed by atoms with van der Waals surface area (Å²) in [6.45, 7) is 2.01. The van der Waals surface area contributed by atoms with Crippen molar-refractivity contribution in [3.05, 3.63) is 51.7 Å². The molecule has 1 aromatic heterocycles. The van der Waals surface area contributed by atoms with E-state index in [-0.39, 0.29) is 16.8 Å². The van der Waals surface area contributed by atoms with Gasteiger partial charge in [-0.25, -0.2) is 0 Å². The summed E-state index contributed by atoms with van der Waals surface area (Å²) in [4.78, 5) is 18.7. The molecule has 0 spiro atoms. The van der Waals surface area contributed by atoms with E-state index in [0.717, 1.165) is 25.8 Å². The molecule has 1 aromatic carbocycles. The van der Waals surface area contributed by atoms with Crippen molar-refractivity contribution in [1.82, 2.24) is 9.80 Å². The summed E-state index contributed by atoms with van der Waals surface area (Å²) in [5.41, 5.74) is 1.84. The van der Waals surface area contributed by atoms with Crippen LogP contribution in [0.1, 0.15) is 28.8 Å². The van der Waals surface area contributed by atoms with Gasteiger partial charge in [-0.2, -0.15) is 8.42 Å². The molecule has 0 N–H and O–H groups in total. The number of sulfonamides is 1. The summed E-state index contributed by atoms with van der Waals surface area (Å²) in [6, 6.07) is 8.62. The highest BCUT2D eigenvalue weighted by Crippen LogP contribution is 2.32. The molecule has 0 bridgehead atoms. The fourth-order valence-electron chi connectivity index (χ4n) is 4.22. The molecule has 2 aromatic rings. The Morgan fingerprint density at radius 1 is 1.19 bits per heavy atom. The van der Waals surface area contributed by atoms with E-state index in [1.807, 2.05) is 15.9 Å². The number of fused-ring (bicyclic) bond motifs is 2. The molecule has 140 valence electrons. The summed E-state index contributed by atoms with van der Waals surface area (Å²) in [5, 5.41) is 2.08. The number of amidine groups is 1.